The van der Waals surface area contributed by atoms with E-state index in [4.69, 9.17) is 10.00 Å². The van der Waals surface area contributed by atoms with Crippen LogP contribution in [0.4, 0.5) is 17.3 Å². The van der Waals surface area contributed by atoms with Crippen molar-refractivity contribution in [1.82, 2.24) is 25.5 Å². The van der Waals surface area contributed by atoms with Crippen LogP contribution in [0.25, 0.3) is 11.3 Å². The van der Waals surface area contributed by atoms with Gasteiger partial charge in [0, 0.05) is 43.0 Å². The summed E-state index contributed by atoms with van der Waals surface area (Å²) < 4.78 is 5.65. The smallest absolute Gasteiger partial charge is 0.158 e. The molecule has 156 valence electrons. The van der Waals surface area contributed by atoms with Gasteiger partial charge in [-0.05, 0) is 25.1 Å². The second kappa shape index (κ2) is 9.91. The van der Waals surface area contributed by atoms with Gasteiger partial charge in [0.05, 0.1) is 25.2 Å². The normalized spacial score (nSPS) is 13.7. The Morgan fingerprint density at radius 2 is 2.03 bits per heavy atom. The van der Waals surface area contributed by atoms with Crippen molar-refractivity contribution in [2.75, 3.05) is 43.5 Å². The number of hydrogen-bond donors (Lipinski definition) is 3. The second-order valence-electron chi connectivity index (χ2n) is 6.67. The zero-order valence-electron chi connectivity index (χ0n) is 16.6. The molecular weight excluding hydrogens is 404 g/mol. The highest BCUT2D eigenvalue weighted by Gasteiger charge is 2.15. The first kappa shape index (κ1) is 21.4. The van der Waals surface area contributed by atoms with Crippen molar-refractivity contribution >= 4 is 29.7 Å². The number of H-pyrrole nitrogens is 1. The number of hydrogen-bond acceptors (Lipinski definition) is 8. The summed E-state index contributed by atoms with van der Waals surface area (Å²) in [4.78, 5) is 10.5. The lowest BCUT2D eigenvalue weighted by Gasteiger charge is -2.23. The van der Waals surface area contributed by atoms with Crippen LogP contribution < -0.4 is 20.3 Å². The first-order valence-corrected chi connectivity index (χ1v) is 9.45. The van der Waals surface area contributed by atoms with Crippen LogP contribution >= 0.6 is 12.4 Å². The maximum Gasteiger partial charge on any atom is 0.158 e. The summed E-state index contributed by atoms with van der Waals surface area (Å²) >= 11 is 0. The summed E-state index contributed by atoms with van der Waals surface area (Å²) in [6.07, 6.45) is 4.03. The fourth-order valence-electron chi connectivity index (χ4n) is 3.31. The predicted octanol–water partition coefficient (Wildman–Crippen LogP) is 2.71. The lowest BCUT2D eigenvalue weighted by atomic mass is 10.1. The molecule has 0 bridgehead atoms. The van der Waals surface area contributed by atoms with Gasteiger partial charge < -0.3 is 20.3 Å². The average molecular weight is 427 g/mol. The number of halogens is 1. The molecule has 0 unspecified atom stereocenters. The summed E-state index contributed by atoms with van der Waals surface area (Å²) in [5, 5.41) is 22.6. The van der Waals surface area contributed by atoms with E-state index in [-0.39, 0.29) is 18.1 Å². The highest BCUT2D eigenvalue weighted by molar-refractivity contribution is 5.85. The standard InChI is InChI=1S/C20H22N8O.ClH/c1-29-18-9-15(28-7-2-5-22-6-8-28)3-4-16(18)17-10-19(27-26-17)25-20-13-23-14(11-21)12-24-20;/h3-4,9-10,12-13,22H,2,5-8H2,1H3,(H2,24,25,26,27);1H. The number of nitrogens with zero attached hydrogens (tertiary/aromatic N) is 5. The lowest BCUT2D eigenvalue weighted by molar-refractivity contribution is 0.416. The van der Waals surface area contributed by atoms with E-state index in [1.165, 1.54) is 12.4 Å². The number of aromatic amines is 1. The Kier molecular flexibility index (Phi) is 7.06. The molecule has 0 spiro atoms. The molecule has 1 aromatic carbocycles. The van der Waals surface area contributed by atoms with Gasteiger partial charge in [-0.2, -0.15) is 10.4 Å². The van der Waals surface area contributed by atoms with Crippen molar-refractivity contribution < 1.29 is 4.74 Å². The Balaban J connectivity index is 0.00000256. The minimum absolute atomic E-state index is 0. The third-order valence-corrected chi connectivity index (χ3v) is 4.78. The number of benzene rings is 1. The van der Waals surface area contributed by atoms with E-state index in [2.05, 4.69) is 47.8 Å². The zero-order chi connectivity index (χ0) is 20.1. The van der Waals surface area contributed by atoms with Gasteiger partial charge in [0.25, 0.3) is 0 Å². The van der Waals surface area contributed by atoms with Gasteiger partial charge in [0.15, 0.2) is 11.5 Å². The Morgan fingerprint density at radius 3 is 2.80 bits per heavy atom. The van der Waals surface area contributed by atoms with Crippen LogP contribution in [-0.2, 0) is 0 Å². The van der Waals surface area contributed by atoms with Crippen molar-refractivity contribution in [3.63, 3.8) is 0 Å². The van der Waals surface area contributed by atoms with Gasteiger partial charge in [-0.1, -0.05) is 0 Å². The molecule has 4 rings (SSSR count). The Morgan fingerprint density at radius 1 is 1.13 bits per heavy atom. The molecular formula is C20H23ClN8O. The first-order valence-electron chi connectivity index (χ1n) is 9.45. The van der Waals surface area contributed by atoms with Gasteiger partial charge in [0.1, 0.15) is 17.6 Å². The molecule has 0 aliphatic carbocycles. The molecule has 3 aromatic rings. The van der Waals surface area contributed by atoms with E-state index in [0.717, 1.165) is 55.3 Å². The molecule has 3 N–H and O–H groups in total. The van der Waals surface area contributed by atoms with E-state index in [1.54, 1.807) is 7.11 Å². The zero-order valence-corrected chi connectivity index (χ0v) is 17.4. The molecule has 1 fully saturated rings. The van der Waals surface area contributed by atoms with Crippen molar-refractivity contribution in [3.05, 3.63) is 42.4 Å². The highest BCUT2D eigenvalue weighted by atomic mass is 35.5. The monoisotopic (exact) mass is 426 g/mol. The first-order chi connectivity index (χ1) is 14.3. The van der Waals surface area contributed by atoms with Crippen LogP contribution in [0, 0.1) is 11.3 Å². The van der Waals surface area contributed by atoms with Gasteiger partial charge in [0.2, 0.25) is 0 Å². The lowest BCUT2D eigenvalue weighted by Crippen LogP contribution is -2.27. The van der Waals surface area contributed by atoms with Crippen LogP contribution in [0.15, 0.2) is 36.7 Å². The number of ether oxygens (including phenoxy) is 1. The fraction of sp³-hybridized carbons (Fsp3) is 0.300. The molecule has 0 amide bonds. The van der Waals surface area contributed by atoms with Gasteiger partial charge in [-0.15, -0.1) is 12.4 Å². The van der Waals surface area contributed by atoms with Crippen LogP contribution in [0.1, 0.15) is 12.1 Å². The largest absolute Gasteiger partial charge is 0.496 e. The van der Waals surface area contributed by atoms with Crippen molar-refractivity contribution in [3.8, 4) is 23.1 Å². The molecule has 2 aromatic heterocycles. The molecule has 30 heavy (non-hydrogen) atoms. The summed E-state index contributed by atoms with van der Waals surface area (Å²) in [7, 11) is 1.68. The molecule has 3 heterocycles. The highest BCUT2D eigenvalue weighted by Crippen LogP contribution is 2.34. The summed E-state index contributed by atoms with van der Waals surface area (Å²) in [6.45, 7) is 4.04. The predicted molar refractivity (Wildman–Crippen MR) is 118 cm³/mol. The molecule has 10 heteroatoms. The summed E-state index contributed by atoms with van der Waals surface area (Å²) in [6, 6.07) is 10.1. The van der Waals surface area contributed by atoms with Gasteiger partial charge >= 0.3 is 0 Å². The third-order valence-electron chi connectivity index (χ3n) is 4.78. The Hall–Kier alpha value is -3.35. The summed E-state index contributed by atoms with van der Waals surface area (Å²) in [5.74, 6) is 1.90. The topological polar surface area (TPSA) is 115 Å². The second-order valence-corrected chi connectivity index (χ2v) is 6.67. The number of methoxy groups -OCH3 is 1. The van der Waals surface area contributed by atoms with Crippen molar-refractivity contribution in [1.29, 1.82) is 5.26 Å². The minimum atomic E-state index is 0. The van der Waals surface area contributed by atoms with E-state index in [1.807, 2.05) is 18.2 Å². The van der Waals surface area contributed by atoms with Gasteiger partial charge in [-0.25, -0.2) is 9.97 Å². The van der Waals surface area contributed by atoms with E-state index in [0.29, 0.717) is 11.6 Å². The van der Waals surface area contributed by atoms with E-state index >= 15 is 0 Å². The quantitative estimate of drug-likeness (QED) is 0.570. The molecule has 1 aliphatic rings. The number of nitrogens with one attached hydrogen (secondary N) is 3. The van der Waals surface area contributed by atoms with Crippen LogP contribution in [0.2, 0.25) is 0 Å². The number of rotatable bonds is 5. The van der Waals surface area contributed by atoms with Crippen LogP contribution in [0.5, 0.6) is 5.75 Å². The van der Waals surface area contributed by atoms with Crippen LogP contribution in [-0.4, -0.2) is 53.5 Å². The molecule has 0 atom stereocenters. The average Bonchev–Trinajstić information content (AvgIpc) is 3.05. The molecule has 9 nitrogen and oxygen atoms in total. The van der Waals surface area contributed by atoms with E-state index in [9.17, 15) is 0 Å². The number of nitriles is 1. The van der Waals surface area contributed by atoms with Gasteiger partial charge in [-0.3, -0.25) is 5.10 Å². The fourth-order valence-corrected chi connectivity index (χ4v) is 3.31. The SMILES string of the molecule is COc1cc(N2CCCNCC2)ccc1-c1cc(Nc2cnc(C#N)cn2)n[nH]1.Cl. The molecule has 0 saturated carbocycles. The Labute approximate surface area is 180 Å². The summed E-state index contributed by atoms with van der Waals surface area (Å²) in [5.41, 5.74) is 3.18. The van der Waals surface area contributed by atoms with Crippen molar-refractivity contribution in [2.45, 2.75) is 6.42 Å². The van der Waals surface area contributed by atoms with Crippen LogP contribution in [0.3, 0.4) is 0 Å². The number of anilines is 3. The van der Waals surface area contributed by atoms with E-state index < -0.39 is 0 Å². The number of aromatic nitrogens is 4. The molecule has 0 radical (unpaired) electrons. The Bertz CT molecular complexity index is 1010. The van der Waals surface area contributed by atoms with Crippen molar-refractivity contribution in [2.24, 2.45) is 0 Å². The maximum atomic E-state index is 8.81. The molecule has 1 aliphatic heterocycles. The third kappa shape index (κ3) is 4.79. The molecule has 1 saturated heterocycles. The maximum absolute atomic E-state index is 8.81. The minimum Gasteiger partial charge on any atom is -0.496 e.